The van der Waals surface area contributed by atoms with Crippen LogP contribution in [0.2, 0.25) is 0 Å². The second-order valence-corrected chi connectivity index (χ2v) is 3.74. The fraction of sp³-hybridized carbons (Fsp3) is 0.800. The lowest BCUT2D eigenvalue weighted by Crippen LogP contribution is -2.33. The van der Waals surface area contributed by atoms with Crippen molar-refractivity contribution < 1.29 is 9.50 Å². The molecule has 0 unspecified atom stereocenters. The van der Waals surface area contributed by atoms with Crippen molar-refractivity contribution in [2.24, 2.45) is 0 Å². The Morgan fingerprint density at radius 3 is 2.50 bits per heavy atom. The molecule has 0 amide bonds. The van der Waals surface area contributed by atoms with Crippen LogP contribution in [0.3, 0.4) is 0 Å². The summed E-state index contributed by atoms with van der Waals surface area (Å²) in [7, 11) is 0. The Hall–Kier alpha value is -0.370. The molecule has 12 heavy (non-hydrogen) atoms. The van der Waals surface area contributed by atoms with Crippen LogP contribution in [-0.2, 0) is 0 Å². The van der Waals surface area contributed by atoms with Crippen molar-refractivity contribution >= 4 is 0 Å². The monoisotopic (exact) mass is 172 g/mol. The Morgan fingerprint density at radius 2 is 2.00 bits per heavy atom. The first-order chi connectivity index (χ1) is 5.66. The van der Waals surface area contributed by atoms with Gasteiger partial charge in [0, 0.05) is 6.42 Å². The molecule has 2 heteroatoms. The average Bonchev–Trinajstić information content (AvgIpc) is 2.05. The van der Waals surface area contributed by atoms with E-state index in [4.69, 9.17) is 0 Å². The molecule has 0 saturated heterocycles. The molecule has 1 saturated carbocycles. The molecule has 1 aliphatic rings. The van der Waals surface area contributed by atoms with Crippen LogP contribution in [0, 0.1) is 0 Å². The predicted molar refractivity (Wildman–Crippen MR) is 47.7 cm³/mol. The molecule has 0 bridgehead atoms. The third-order valence-electron chi connectivity index (χ3n) is 2.61. The van der Waals surface area contributed by atoms with E-state index in [1.807, 2.05) is 0 Å². The van der Waals surface area contributed by atoms with E-state index in [1.54, 1.807) is 0 Å². The van der Waals surface area contributed by atoms with Gasteiger partial charge in [-0.3, -0.25) is 0 Å². The number of allylic oxidation sites excluding steroid dienone is 1. The van der Waals surface area contributed by atoms with Gasteiger partial charge in [-0.2, -0.15) is 0 Å². The van der Waals surface area contributed by atoms with Crippen LogP contribution in [-0.4, -0.2) is 16.9 Å². The summed E-state index contributed by atoms with van der Waals surface area (Å²) in [6.07, 6.45) is 5.19. The van der Waals surface area contributed by atoms with Crippen LogP contribution in [0.25, 0.3) is 0 Å². The molecule has 1 N–H and O–H groups in total. The summed E-state index contributed by atoms with van der Waals surface area (Å²) in [6.45, 7) is 3.37. The number of alkyl halides is 1. The summed E-state index contributed by atoms with van der Waals surface area (Å²) >= 11 is 0. The minimum Gasteiger partial charge on any atom is -0.390 e. The van der Waals surface area contributed by atoms with E-state index in [-0.39, 0.29) is 6.42 Å². The zero-order chi connectivity index (χ0) is 9.03. The maximum atomic E-state index is 12.9. The third kappa shape index (κ3) is 2.59. The first kappa shape index (κ1) is 9.72. The molecule has 0 radical (unpaired) electrons. The van der Waals surface area contributed by atoms with E-state index < -0.39 is 11.8 Å². The Labute approximate surface area is 73.3 Å². The van der Waals surface area contributed by atoms with E-state index in [2.05, 4.69) is 6.58 Å². The zero-order valence-electron chi connectivity index (χ0n) is 7.43. The van der Waals surface area contributed by atoms with E-state index in [1.165, 1.54) is 12.5 Å². The number of halogens is 1. The molecule has 1 nitrogen and oxygen atoms in total. The smallest absolute Gasteiger partial charge is 0.121 e. The molecule has 0 aromatic carbocycles. The highest BCUT2D eigenvalue weighted by Gasteiger charge is 2.31. The average molecular weight is 172 g/mol. The topological polar surface area (TPSA) is 20.2 Å². The summed E-state index contributed by atoms with van der Waals surface area (Å²) in [4.78, 5) is 0. The molecule has 0 aliphatic heterocycles. The number of hydrogen-bond donors (Lipinski definition) is 1. The van der Waals surface area contributed by atoms with Crippen molar-refractivity contribution in [2.75, 3.05) is 0 Å². The maximum absolute atomic E-state index is 12.9. The van der Waals surface area contributed by atoms with Gasteiger partial charge in [0.2, 0.25) is 0 Å². The largest absolute Gasteiger partial charge is 0.390 e. The highest BCUT2D eigenvalue weighted by molar-refractivity contribution is 4.90. The van der Waals surface area contributed by atoms with Gasteiger partial charge in [0.1, 0.15) is 6.17 Å². The Balaban J connectivity index is 2.40. The quantitative estimate of drug-likeness (QED) is 0.649. The molecule has 70 valence electrons. The molecule has 1 rings (SSSR count). The minimum atomic E-state index is -1.05. The van der Waals surface area contributed by atoms with Crippen LogP contribution < -0.4 is 0 Å². The van der Waals surface area contributed by atoms with E-state index in [9.17, 15) is 9.50 Å². The minimum absolute atomic E-state index is 0.233. The molecule has 1 atom stereocenters. The summed E-state index contributed by atoms with van der Waals surface area (Å²) in [5, 5.41) is 9.88. The highest BCUT2D eigenvalue weighted by Crippen LogP contribution is 2.32. The summed E-state index contributed by atoms with van der Waals surface area (Å²) in [5.41, 5.74) is -0.744. The van der Waals surface area contributed by atoms with Crippen molar-refractivity contribution in [3.63, 3.8) is 0 Å². The third-order valence-corrected chi connectivity index (χ3v) is 2.61. The lowest BCUT2D eigenvalue weighted by Gasteiger charge is -2.32. The van der Waals surface area contributed by atoms with Gasteiger partial charge in [-0.1, -0.05) is 25.3 Å². The molecule has 1 fully saturated rings. The second kappa shape index (κ2) is 4.04. The second-order valence-electron chi connectivity index (χ2n) is 3.74. The number of aliphatic hydroxyl groups is 1. The van der Waals surface area contributed by atoms with Crippen molar-refractivity contribution in [1.29, 1.82) is 0 Å². The van der Waals surface area contributed by atoms with E-state index in [0.29, 0.717) is 0 Å². The normalized spacial score (nSPS) is 24.8. The van der Waals surface area contributed by atoms with Crippen LogP contribution in [0.5, 0.6) is 0 Å². The fourth-order valence-corrected chi connectivity index (χ4v) is 1.86. The molecular formula is C10H17FO. The van der Waals surface area contributed by atoms with Gasteiger partial charge >= 0.3 is 0 Å². The first-order valence-corrected chi connectivity index (χ1v) is 4.65. The molecule has 1 aliphatic carbocycles. The lowest BCUT2D eigenvalue weighted by atomic mass is 9.81. The van der Waals surface area contributed by atoms with Crippen molar-refractivity contribution in [3.05, 3.63) is 12.7 Å². The molecule has 0 spiro atoms. The Bertz CT molecular complexity index is 150. The zero-order valence-corrected chi connectivity index (χ0v) is 7.43. The van der Waals surface area contributed by atoms with Gasteiger partial charge in [-0.15, -0.1) is 6.58 Å². The molecular weight excluding hydrogens is 155 g/mol. The van der Waals surface area contributed by atoms with Gasteiger partial charge < -0.3 is 5.11 Å². The standard InChI is InChI=1S/C10H17FO/c1-2-9(11)8-10(12)6-4-3-5-7-10/h2,9,12H,1,3-8H2/t9-/m0/s1. The van der Waals surface area contributed by atoms with E-state index >= 15 is 0 Å². The first-order valence-electron chi connectivity index (χ1n) is 4.65. The van der Waals surface area contributed by atoms with Crippen molar-refractivity contribution in [1.82, 2.24) is 0 Å². The summed E-state index contributed by atoms with van der Waals surface area (Å²) < 4.78 is 12.9. The number of hydrogen-bond acceptors (Lipinski definition) is 1. The predicted octanol–water partition coefficient (Wildman–Crippen LogP) is 2.60. The van der Waals surface area contributed by atoms with Gasteiger partial charge in [0.05, 0.1) is 5.60 Å². The number of rotatable bonds is 3. The van der Waals surface area contributed by atoms with Crippen LogP contribution >= 0.6 is 0 Å². The van der Waals surface area contributed by atoms with Gasteiger partial charge in [0.15, 0.2) is 0 Å². The van der Waals surface area contributed by atoms with Crippen LogP contribution in [0.1, 0.15) is 38.5 Å². The molecule has 0 aromatic rings. The van der Waals surface area contributed by atoms with Gasteiger partial charge in [-0.05, 0) is 12.8 Å². The highest BCUT2D eigenvalue weighted by atomic mass is 19.1. The van der Waals surface area contributed by atoms with E-state index in [0.717, 1.165) is 25.7 Å². The van der Waals surface area contributed by atoms with Gasteiger partial charge in [-0.25, -0.2) is 4.39 Å². The van der Waals surface area contributed by atoms with Crippen LogP contribution in [0.15, 0.2) is 12.7 Å². The summed E-state index contributed by atoms with van der Waals surface area (Å²) in [6, 6.07) is 0. The summed E-state index contributed by atoms with van der Waals surface area (Å²) in [5.74, 6) is 0. The lowest BCUT2D eigenvalue weighted by molar-refractivity contribution is -0.0165. The molecule has 0 heterocycles. The van der Waals surface area contributed by atoms with Gasteiger partial charge in [0.25, 0.3) is 0 Å². The van der Waals surface area contributed by atoms with Crippen LogP contribution in [0.4, 0.5) is 4.39 Å². The Kier molecular flexibility index (Phi) is 3.27. The molecule has 0 aromatic heterocycles. The van der Waals surface area contributed by atoms with Crippen molar-refractivity contribution in [2.45, 2.75) is 50.3 Å². The fourth-order valence-electron chi connectivity index (χ4n) is 1.86. The SMILES string of the molecule is C=C[C@H](F)CC1(O)CCCCC1. The van der Waals surface area contributed by atoms with Crippen molar-refractivity contribution in [3.8, 4) is 0 Å². The Morgan fingerprint density at radius 1 is 1.42 bits per heavy atom. The maximum Gasteiger partial charge on any atom is 0.121 e.